The Morgan fingerprint density at radius 3 is 2.67 bits per heavy atom. The number of methoxy groups -OCH3 is 2. The number of nitrogens with zero attached hydrogens (tertiary/aromatic N) is 2. The number of carbonyl (C=O) groups is 1. The molecule has 1 aliphatic heterocycles. The molecule has 0 aliphatic carbocycles. The minimum Gasteiger partial charge on any atom is -0.493 e. The van der Waals surface area contributed by atoms with Crippen LogP contribution in [-0.4, -0.2) is 54.4 Å². The number of ether oxygens (including phenoxy) is 3. The van der Waals surface area contributed by atoms with E-state index in [1.54, 1.807) is 24.1 Å². The first-order chi connectivity index (χ1) is 11.6. The number of aromatic nitrogens is 2. The Kier molecular flexibility index (Phi) is 4.54. The first-order valence-corrected chi connectivity index (χ1v) is 7.67. The molecule has 128 valence electrons. The van der Waals surface area contributed by atoms with Crippen molar-refractivity contribution in [3.05, 3.63) is 28.8 Å². The van der Waals surface area contributed by atoms with Crippen LogP contribution in [0.15, 0.2) is 23.3 Å². The van der Waals surface area contributed by atoms with E-state index in [2.05, 4.69) is 9.97 Å². The van der Waals surface area contributed by atoms with E-state index in [0.29, 0.717) is 48.3 Å². The number of aromatic amines is 1. The lowest BCUT2D eigenvalue weighted by atomic mass is 10.1. The van der Waals surface area contributed by atoms with Crippen LogP contribution in [0.4, 0.5) is 4.79 Å². The van der Waals surface area contributed by atoms with E-state index >= 15 is 0 Å². The molecule has 0 bridgehead atoms. The average molecular weight is 333 g/mol. The van der Waals surface area contributed by atoms with Gasteiger partial charge in [0.2, 0.25) is 0 Å². The summed E-state index contributed by atoms with van der Waals surface area (Å²) >= 11 is 0. The number of hydrogen-bond acceptors (Lipinski definition) is 6. The Morgan fingerprint density at radius 1 is 1.25 bits per heavy atom. The monoisotopic (exact) mass is 333 g/mol. The van der Waals surface area contributed by atoms with E-state index in [1.807, 2.05) is 0 Å². The molecular formula is C16H19N3O5. The lowest BCUT2D eigenvalue weighted by Gasteiger charge is -2.31. The molecule has 8 heteroatoms. The van der Waals surface area contributed by atoms with E-state index < -0.39 is 0 Å². The molecule has 1 aromatic heterocycles. The molecule has 1 aromatic carbocycles. The molecule has 2 aromatic rings. The number of likely N-dealkylation sites (tertiary alicyclic amines) is 1. The highest BCUT2D eigenvalue weighted by atomic mass is 16.5. The molecule has 1 saturated heterocycles. The molecule has 2 heterocycles. The first-order valence-electron chi connectivity index (χ1n) is 7.67. The third kappa shape index (κ3) is 3.12. The van der Waals surface area contributed by atoms with Crippen LogP contribution < -0.4 is 15.0 Å². The maximum absolute atomic E-state index is 11.9. The van der Waals surface area contributed by atoms with Crippen molar-refractivity contribution in [1.82, 2.24) is 14.9 Å². The van der Waals surface area contributed by atoms with Gasteiger partial charge in [0, 0.05) is 32.0 Å². The van der Waals surface area contributed by atoms with Gasteiger partial charge in [0.05, 0.1) is 31.4 Å². The predicted molar refractivity (Wildman–Crippen MR) is 86.5 cm³/mol. The summed E-state index contributed by atoms with van der Waals surface area (Å²) in [6, 6.07) is 3.33. The summed E-state index contributed by atoms with van der Waals surface area (Å²) in [5.74, 6) is 1.02. The van der Waals surface area contributed by atoms with Gasteiger partial charge in [-0.15, -0.1) is 0 Å². The number of nitrogens with one attached hydrogen (secondary N) is 1. The van der Waals surface area contributed by atoms with Gasteiger partial charge in [-0.05, 0) is 6.07 Å². The lowest BCUT2D eigenvalue weighted by Crippen LogP contribution is -2.41. The Morgan fingerprint density at radius 2 is 2.00 bits per heavy atom. The van der Waals surface area contributed by atoms with Crippen molar-refractivity contribution in [3.8, 4) is 11.5 Å². The molecule has 1 amide bonds. The molecule has 1 fully saturated rings. The van der Waals surface area contributed by atoms with Gasteiger partial charge in [0.15, 0.2) is 11.5 Å². The number of H-pyrrole nitrogens is 1. The van der Waals surface area contributed by atoms with Gasteiger partial charge in [-0.1, -0.05) is 0 Å². The van der Waals surface area contributed by atoms with Crippen LogP contribution in [0.2, 0.25) is 0 Å². The number of carbonyl (C=O) groups excluding carboxylic acids is 1. The molecule has 8 nitrogen and oxygen atoms in total. The van der Waals surface area contributed by atoms with Crippen molar-refractivity contribution in [2.45, 2.75) is 18.9 Å². The second kappa shape index (κ2) is 6.77. The van der Waals surface area contributed by atoms with E-state index in [0.717, 1.165) is 0 Å². The topological polar surface area (TPSA) is 93.8 Å². The molecule has 0 unspecified atom stereocenters. The second-order valence-corrected chi connectivity index (χ2v) is 5.53. The molecular weight excluding hydrogens is 314 g/mol. The Balaban J connectivity index is 1.79. The fourth-order valence-corrected chi connectivity index (χ4v) is 2.79. The standard InChI is InChI=1S/C16H19N3O5/c1-22-13-8-12-11(15(20)18-9-17-12)7-14(13)24-10-3-5-19(6-4-10)16(21)23-2/h7-10H,3-6H2,1-2H3,(H,17,18,20). The smallest absolute Gasteiger partial charge is 0.409 e. The zero-order valence-electron chi connectivity index (χ0n) is 13.6. The SMILES string of the molecule is COC(=O)N1CCC(Oc2cc3c(=O)[nH]cnc3cc2OC)CC1. The molecule has 0 atom stereocenters. The summed E-state index contributed by atoms with van der Waals surface area (Å²) < 4.78 is 16.1. The Labute approximate surface area is 138 Å². The normalized spacial score (nSPS) is 15.3. The van der Waals surface area contributed by atoms with Crippen LogP contribution in [0.5, 0.6) is 11.5 Å². The lowest BCUT2D eigenvalue weighted by molar-refractivity contribution is 0.0779. The summed E-state index contributed by atoms with van der Waals surface area (Å²) in [4.78, 5) is 31.8. The zero-order chi connectivity index (χ0) is 17.1. The fourth-order valence-electron chi connectivity index (χ4n) is 2.79. The van der Waals surface area contributed by atoms with Gasteiger partial charge >= 0.3 is 6.09 Å². The minimum absolute atomic E-state index is 0.0620. The van der Waals surface area contributed by atoms with E-state index in [4.69, 9.17) is 14.2 Å². The van der Waals surface area contributed by atoms with Crippen molar-refractivity contribution < 1.29 is 19.0 Å². The number of amides is 1. The number of rotatable bonds is 3. The van der Waals surface area contributed by atoms with E-state index in [9.17, 15) is 9.59 Å². The molecule has 1 N–H and O–H groups in total. The Bertz CT molecular complexity index is 796. The number of benzene rings is 1. The largest absolute Gasteiger partial charge is 0.493 e. The summed E-state index contributed by atoms with van der Waals surface area (Å²) in [5, 5.41) is 0.445. The van der Waals surface area contributed by atoms with Gasteiger partial charge in [-0.3, -0.25) is 4.79 Å². The van der Waals surface area contributed by atoms with Gasteiger partial charge in [0.1, 0.15) is 6.10 Å². The van der Waals surface area contributed by atoms with Crippen molar-refractivity contribution in [1.29, 1.82) is 0 Å². The summed E-state index contributed by atoms with van der Waals surface area (Å²) in [7, 11) is 2.91. The van der Waals surface area contributed by atoms with Gasteiger partial charge < -0.3 is 24.1 Å². The van der Waals surface area contributed by atoms with Crippen molar-refractivity contribution in [3.63, 3.8) is 0 Å². The zero-order valence-corrected chi connectivity index (χ0v) is 13.6. The number of piperidine rings is 1. The minimum atomic E-state index is -0.325. The summed E-state index contributed by atoms with van der Waals surface area (Å²) in [6.45, 7) is 1.13. The quantitative estimate of drug-likeness (QED) is 0.916. The highest BCUT2D eigenvalue weighted by Crippen LogP contribution is 2.32. The van der Waals surface area contributed by atoms with Crippen molar-refractivity contribution in [2.75, 3.05) is 27.3 Å². The molecule has 1 aliphatic rings. The van der Waals surface area contributed by atoms with Crippen LogP contribution in [-0.2, 0) is 4.74 Å². The van der Waals surface area contributed by atoms with Gasteiger partial charge in [0.25, 0.3) is 5.56 Å². The fraction of sp³-hybridized carbons (Fsp3) is 0.438. The second-order valence-electron chi connectivity index (χ2n) is 5.53. The predicted octanol–water partition coefficient (Wildman–Crippen LogP) is 1.54. The van der Waals surface area contributed by atoms with Crippen molar-refractivity contribution >= 4 is 17.0 Å². The number of fused-ring (bicyclic) bond motifs is 1. The Hall–Kier alpha value is -2.77. The van der Waals surface area contributed by atoms with Crippen molar-refractivity contribution in [2.24, 2.45) is 0 Å². The van der Waals surface area contributed by atoms with E-state index in [1.165, 1.54) is 13.4 Å². The highest BCUT2D eigenvalue weighted by molar-refractivity contribution is 5.81. The van der Waals surface area contributed by atoms with Gasteiger partial charge in [-0.25, -0.2) is 9.78 Å². The molecule has 0 radical (unpaired) electrons. The summed E-state index contributed by atoms with van der Waals surface area (Å²) in [5.41, 5.74) is 0.316. The third-order valence-corrected chi connectivity index (χ3v) is 4.09. The number of hydrogen-bond donors (Lipinski definition) is 1. The van der Waals surface area contributed by atoms with Crippen LogP contribution in [0, 0.1) is 0 Å². The van der Waals surface area contributed by atoms with Crippen LogP contribution in [0.3, 0.4) is 0 Å². The van der Waals surface area contributed by atoms with Crippen LogP contribution in [0.1, 0.15) is 12.8 Å². The third-order valence-electron chi connectivity index (χ3n) is 4.09. The van der Waals surface area contributed by atoms with Crippen LogP contribution in [0.25, 0.3) is 10.9 Å². The first kappa shape index (κ1) is 16.1. The molecule has 0 spiro atoms. The molecule has 24 heavy (non-hydrogen) atoms. The maximum Gasteiger partial charge on any atom is 0.409 e. The average Bonchev–Trinajstić information content (AvgIpc) is 2.62. The van der Waals surface area contributed by atoms with Crippen LogP contribution >= 0.6 is 0 Å². The summed E-state index contributed by atoms with van der Waals surface area (Å²) in [6.07, 6.45) is 2.33. The highest BCUT2D eigenvalue weighted by Gasteiger charge is 2.25. The van der Waals surface area contributed by atoms with E-state index in [-0.39, 0.29) is 17.8 Å². The molecule has 3 rings (SSSR count). The molecule has 0 saturated carbocycles. The van der Waals surface area contributed by atoms with Gasteiger partial charge in [-0.2, -0.15) is 0 Å². The maximum atomic E-state index is 11.9.